The van der Waals surface area contributed by atoms with Gasteiger partial charge in [-0.1, -0.05) is 30.3 Å². The first-order chi connectivity index (χ1) is 14.1. The second kappa shape index (κ2) is 6.62. The molecule has 1 amide bonds. The smallest absolute Gasteiger partial charge is 0.337 e. The maximum Gasteiger partial charge on any atom is 0.337 e. The molecule has 0 spiro atoms. The fraction of sp³-hybridized carbons (Fsp3) is 0.318. The standard InChI is InChI=1S/C22H20N2O5/c1-28-21(26)13-8-6-12(7-9-13)20-19-15(14-4-2-3-5-16(14)23-19)10-17-22(27)29-11-18(25)24(17)20/h2-9,15,17,19-20,23H,10-11H2,1H3/t15?,17-,19?,20+/m0/s1. The first kappa shape index (κ1) is 17.7. The second-order valence-electron chi connectivity index (χ2n) is 7.58. The molecule has 2 saturated heterocycles. The normalized spacial score (nSPS) is 27.3. The number of anilines is 1. The number of hydrogen-bond acceptors (Lipinski definition) is 6. The number of hydrogen-bond donors (Lipinski definition) is 1. The molecule has 2 aromatic carbocycles. The Labute approximate surface area is 167 Å². The lowest BCUT2D eigenvalue weighted by Crippen LogP contribution is -2.61. The van der Waals surface area contributed by atoms with Gasteiger partial charge in [-0.15, -0.1) is 0 Å². The number of nitrogens with zero attached hydrogens (tertiary/aromatic N) is 1. The van der Waals surface area contributed by atoms with Crippen LogP contribution in [0.5, 0.6) is 0 Å². The summed E-state index contributed by atoms with van der Waals surface area (Å²) in [6, 6.07) is 14.0. The number of ether oxygens (including phenoxy) is 2. The molecule has 0 saturated carbocycles. The van der Waals surface area contributed by atoms with Crippen molar-refractivity contribution in [2.24, 2.45) is 0 Å². The molecule has 3 heterocycles. The van der Waals surface area contributed by atoms with Crippen molar-refractivity contribution in [1.29, 1.82) is 0 Å². The van der Waals surface area contributed by atoms with E-state index in [9.17, 15) is 14.4 Å². The number of benzene rings is 2. The average Bonchev–Trinajstić information content (AvgIpc) is 3.13. The first-order valence-corrected chi connectivity index (χ1v) is 9.60. The van der Waals surface area contributed by atoms with Gasteiger partial charge in [-0.25, -0.2) is 9.59 Å². The molecule has 0 bridgehead atoms. The van der Waals surface area contributed by atoms with E-state index in [0.717, 1.165) is 16.8 Å². The molecule has 5 rings (SSSR count). The van der Waals surface area contributed by atoms with Crippen LogP contribution in [-0.4, -0.2) is 48.5 Å². The third kappa shape index (κ3) is 2.68. The van der Waals surface area contributed by atoms with Crippen LogP contribution in [0.3, 0.4) is 0 Å². The zero-order chi connectivity index (χ0) is 20.1. The van der Waals surface area contributed by atoms with Crippen LogP contribution in [0.1, 0.15) is 39.9 Å². The highest BCUT2D eigenvalue weighted by atomic mass is 16.5. The highest BCUT2D eigenvalue weighted by molar-refractivity contribution is 5.92. The lowest BCUT2D eigenvalue weighted by atomic mass is 9.77. The van der Waals surface area contributed by atoms with Crippen LogP contribution < -0.4 is 5.32 Å². The summed E-state index contributed by atoms with van der Waals surface area (Å²) in [7, 11) is 1.34. The Bertz CT molecular complexity index is 1000. The summed E-state index contributed by atoms with van der Waals surface area (Å²) >= 11 is 0. The highest BCUT2D eigenvalue weighted by Gasteiger charge is 2.53. The second-order valence-corrected chi connectivity index (χ2v) is 7.58. The van der Waals surface area contributed by atoms with E-state index in [-0.39, 0.29) is 36.5 Å². The molecule has 0 aliphatic carbocycles. The summed E-state index contributed by atoms with van der Waals surface area (Å²) in [5.74, 6) is -0.896. The molecule has 2 aromatic rings. The molecule has 3 aliphatic rings. The number of amides is 1. The van der Waals surface area contributed by atoms with Crippen LogP contribution in [0.15, 0.2) is 48.5 Å². The Morgan fingerprint density at radius 3 is 2.66 bits per heavy atom. The number of rotatable bonds is 2. The van der Waals surface area contributed by atoms with Crippen LogP contribution in [-0.2, 0) is 19.1 Å². The topological polar surface area (TPSA) is 84.9 Å². The number of fused-ring (bicyclic) bond motifs is 4. The van der Waals surface area contributed by atoms with Crippen LogP contribution in [0.25, 0.3) is 0 Å². The molecule has 4 atom stereocenters. The van der Waals surface area contributed by atoms with Crippen molar-refractivity contribution in [3.63, 3.8) is 0 Å². The van der Waals surface area contributed by atoms with Crippen molar-refractivity contribution >= 4 is 23.5 Å². The van der Waals surface area contributed by atoms with Crippen molar-refractivity contribution in [3.05, 3.63) is 65.2 Å². The van der Waals surface area contributed by atoms with Gasteiger partial charge in [0.2, 0.25) is 0 Å². The zero-order valence-electron chi connectivity index (χ0n) is 15.8. The molecule has 2 fully saturated rings. The van der Waals surface area contributed by atoms with Gasteiger partial charge in [0.25, 0.3) is 5.91 Å². The summed E-state index contributed by atoms with van der Waals surface area (Å²) in [6.07, 6.45) is 0.524. The van der Waals surface area contributed by atoms with E-state index in [4.69, 9.17) is 9.47 Å². The Morgan fingerprint density at radius 1 is 1.14 bits per heavy atom. The van der Waals surface area contributed by atoms with Crippen molar-refractivity contribution in [3.8, 4) is 0 Å². The van der Waals surface area contributed by atoms with Crippen LogP contribution in [0.4, 0.5) is 5.69 Å². The van der Waals surface area contributed by atoms with Gasteiger partial charge in [-0.3, -0.25) is 4.79 Å². The minimum absolute atomic E-state index is 0.0672. The fourth-order valence-electron chi connectivity index (χ4n) is 4.86. The minimum Gasteiger partial charge on any atom is -0.465 e. The average molecular weight is 392 g/mol. The number of carbonyl (C=O) groups is 3. The van der Waals surface area contributed by atoms with Crippen molar-refractivity contribution < 1.29 is 23.9 Å². The molecule has 3 aliphatic heterocycles. The predicted molar refractivity (Wildman–Crippen MR) is 103 cm³/mol. The molecular formula is C22H20N2O5. The van der Waals surface area contributed by atoms with Crippen LogP contribution in [0.2, 0.25) is 0 Å². The van der Waals surface area contributed by atoms with Crippen molar-refractivity contribution in [1.82, 2.24) is 4.90 Å². The Morgan fingerprint density at radius 2 is 1.90 bits per heavy atom. The maximum absolute atomic E-state index is 12.8. The lowest BCUT2D eigenvalue weighted by Gasteiger charge is -2.48. The number of morpholine rings is 1. The summed E-state index contributed by atoms with van der Waals surface area (Å²) in [6.45, 7) is -0.240. The lowest BCUT2D eigenvalue weighted by molar-refractivity contribution is -0.175. The summed E-state index contributed by atoms with van der Waals surface area (Å²) in [5, 5.41) is 3.56. The van der Waals surface area contributed by atoms with Gasteiger partial charge in [-0.05, 0) is 35.7 Å². The molecule has 2 unspecified atom stereocenters. The van der Waals surface area contributed by atoms with Crippen molar-refractivity contribution in [2.45, 2.75) is 30.5 Å². The number of methoxy groups -OCH3 is 1. The number of para-hydroxylation sites is 1. The van der Waals surface area contributed by atoms with Crippen molar-refractivity contribution in [2.75, 3.05) is 19.0 Å². The Balaban J connectivity index is 1.59. The summed E-state index contributed by atoms with van der Waals surface area (Å²) in [4.78, 5) is 38.8. The molecule has 7 heteroatoms. The molecule has 7 nitrogen and oxygen atoms in total. The van der Waals surface area contributed by atoms with E-state index in [1.165, 1.54) is 7.11 Å². The van der Waals surface area contributed by atoms with E-state index in [0.29, 0.717) is 12.0 Å². The first-order valence-electron chi connectivity index (χ1n) is 9.60. The molecule has 0 radical (unpaired) electrons. The molecule has 1 N–H and O–H groups in total. The van der Waals surface area contributed by atoms with E-state index in [1.54, 1.807) is 17.0 Å². The minimum atomic E-state index is -0.615. The Kier molecular flexibility index (Phi) is 4.04. The quantitative estimate of drug-likeness (QED) is 0.789. The van der Waals surface area contributed by atoms with Gasteiger partial charge in [0.15, 0.2) is 6.61 Å². The molecular weight excluding hydrogens is 372 g/mol. The summed E-state index contributed by atoms with van der Waals surface area (Å²) in [5.41, 5.74) is 3.48. The Hall–Kier alpha value is -3.35. The van der Waals surface area contributed by atoms with Gasteiger partial charge < -0.3 is 19.7 Å². The number of cyclic esters (lactones) is 1. The van der Waals surface area contributed by atoms with E-state index in [2.05, 4.69) is 11.4 Å². The summed E-state index contributed by atoms with van der Waals surface area (Å²) < 4.78 is 9.91. The number of nitrogens with one attached hydrogen (secondary N) is 1. The fourth-order valence-corrected chi connectivity index (χ4v) is 4.86. The van der Waals surface area contributed by atoms with Gasteiger partial charge in [0, 0.05) is 11.6 Å². The third-order valence-corrected chi connectivity index (χ3v) is 6.14. The van der Waals surface area contributed by atoms with Crippen LogP contribution in [0, 0.1) is 0 Å². The number of piperidine rings is 1. The molecule has 29 heavy (non-hydrogen) atoms. The van der Waals surface area contributed by atoms with Gasteiger partial charge in [0.1, 0.15) is 6.04 Å². The monoisotopic (exact) mass is 392 g/mol. The largest absolute Gasteiger partial charge is 0.465 e. The van der Waals surface area contributed by atoms with Gasteiger partial charge in [-0.2, -0.15) is 0 Å². The molecule has 0 aromatic heterocycles. The molecule has 148 valence electrons. The number of esters is 2. The van der Waals surface area contributed by atoms with Gasteiger partial charge in [0.05, 0.1) is 24.8 Å². The van der Waals surface area contributed by atoms with Crippen LogP contribution >= 0.6 is 0 Å². The highest BCUT2D eigenvalue weighted by Crippen LogP contribution is 2.50. The zero-order valence-corrected chi connectivity index (χ0v) is 15.8. The maximum atomic E-state index is 12.8. The van der Waals surface area contributed by atoms with E-state index < -0.39 is 12.0 Å². The SMILES string of the molecule is COC(=O)c1ccc([C@@H]2C3Nc4ccccc4C3C[C@H]3C(=O)OCC(=O)N23)cc1. The van der Waals surface area contributed by atoms with Gasteiger partial charge >= 0.3 is 11.9 Å². The third-order valence-electron chi connectivity index (χ3n) is 6.14. The van der Waals surface area contributed by atoms with E-state index >= 15 is 0 Å². The predicted octanol–water partition coefficient (Wildman–Crippen LogP) is 2.25. The van der Waals surface area contributed by atoms with E-state index in [1.807, 2.05) is 30.3 Å². The number of carbonyl (C=O) groups excluding carboxylic acids is 3.